The second-order valence-electron chi connectivity index (χ2n) is 8.76. The summed E-state index contributed by atoms with van der Waals surface area (Å²) in [7, 11) is 1.63. The number of aromatic amines is 1. The van der Waals surface area contributed by atoms with E-state index in [0.29, 0.717) is 41.3 Å². The number of carbonyl (C=O) groups excluding carboxylic acids is 2. The van der Waals surface area contributed by atoms with E-state index in [0.717, 1.165) is 28.0 Å². The zero-order chi connectivity index (χ0) is 29.8. The van der Waals surface area contributed by atoms with Gasteiger partial charge in [0, 0.05) is 30.9 Å². The second kappa shape index (κ2) is 15.0. The van der Waals surface area contributed by atoms with E-state index in [1.54, 1.807) is 19.4 Å². The van der Waals surface area contributed by atoms with Crippen LogP contribution in [0.15, 0.2) is 72.9 Å². The number of H-pyrrole nitrogens is 1. The molecule has 3 amide bonds. The number of nitrogens with one attached hydrogen (secondary N) is 4. The van der Waals surface area contributed by atoms with Crippen LogP contribution in [0.25, 0.3) is 33.4 Å². The first-order valence-corrected chi connectivity index (χ1v) is 13.7. The van der Waals surface area contributed by atoms with Crippen LogP contribution in [-0.4, -0.2) is 47.1 Å². The summed E-state index contributed by atoms with van der Waals surface area (Å²) in [5, 5.41) is 8.28. The zero-order valence-corrected chi connectivity index (χ0v) is 24.5. The molecule has 0 aliphatic heterocycles. The van der Waals surface area contributed by atoms with Crippen molar-refractivity contribution in [1.82, 2.24) is 25.6 Å². The van der Waals surface area contributed by atoms with Crippen molar-refractivity contribution in [1.29, 1.82) is 0 Å². The summed E-state index contributed by atoms with van der Waals surface area (Å²) in [6.07, 6.45) is 5.27. The molecule has 4 aromatic rings. The number of allylic oxidation sites excluding steroid dienone is 3. The van der Waals surface area contributed by atoms with E-state index >= 15 is 0 Å². The molecule has 0 saturated carbocycles. The molecule has 0 atom stereocenters. The number of imidazole rings is 1. The number of likely N-dealkylation sites (N-methyl/N-ethyl adjacent to an activating group) is 1. The monoisotopic (exact) mass is 554 g/mol. The Morgan fingerprint density at radius 3 is 2.41 bits per heavy atom. The van der Waals surface area contributed by atoms with Gasteiger partial charge in [-0.1, -0.05) is 38.1 Å². The Labute approximate surface area is 241 Å². The summed E-state index contributed by atoms with van der Waals surface area (Å²) in [4.78, 5) is 37.2. The molecular weight excluding hydrogens is 516 g/mol. The third-order valence-electron chi connectivity index (χ3n) is 5.96. The van der Waals surface area contributed by atoms with Crippen molar-refractivity contribution in [2.45, 2.75) is 34.6 Å². The van der Waals surface area contributed by atoms with Crippen LogP contribution >= 0.6 is 0 Å². The first-order valence-electron chi connectivity index (χ1n) is 13.7. The third kappa shape index (κ3) is 8.04. The standard InChI is InChI=1S/C30H32N6O3.C2H6/c1-5-31-27(37)18-21(14-19(3)20-10-9-11-23(15-20)39-4)22-16-24(25-12-7-8-13-33-25)28-26(17-22)34-29(35-28)36-30(38)32-6-2;1-2/h7-18H,5-6H2,1-4H3,(H,31,37)(H3,32,34,35,36,38);1-2H3/b19-14-,21-18+;. The van der Waals surface area contributed by atoms with Crippen molar-refractivity contribution in [2.75, 3.05) is 25.5 Å². The van der Waals surface area contributed by atoms with E-state index < -0.39 is 0 Å². The molecule has 2 aromatic heterocycles. The van der Waals surface area contributed by atoms with Crippen molar-refractivity contribution in [2.24, 2.45) is 0 Å². The molecule has 0 fully saturated rings. The van der Waals surface area contributed by atoms with Crippen molar-refractivity contribution < 1.29 is 14.3 Å². The SMILES string of the molecule is CC.CCNC(=O)/C=C(\C=C(\C)c1cccc(OC)c1)c1cc(-c2ccccn2)c2nc(NC(=O)NCC)[nH]c2c1. The van der Waals surface area contributed by atoms with Crippen LogP contribution in [0.3, 0.4) is 0 Å². The number of carbonyl (C=O) groups is 2. The van der Waals surface area contributed by atoms with Gasteiger partial charge in [0.1, 0.15) is 5.75 Å². The topological polar surface area (TPSA) is 121 Å². The molecule has 41 heavy (non-hydrogen) atoms. The number of hydrogen-bond acceptors (Lipinski definition) is 5. The van der Waals surface area contributed by atoms with Gasteiger partial charge in [0.25, 0.3) is 0 Å². The highest BCUT2D eigenvalue weighted by Gasteiger charge is 2.16. The summed E-state index contributed by atoms with van der Waals surface area (Å²) in [5.74, 6) is 0.852. The van der Waals surface area contributed by atoms with Crippen molar-refractivity contribution >= 4 is 40.1 Å². The fourth-order valence-corrected chi connectivity index (χ4v) is 4.13. The van der Waals surface area contributed by atoms with E-state index in [9.17, 15) is 9.59 Å². The minimum atomic E-state index is -0.357. The maximum absolute atomic E-state index is 12.7. The summed E-state index contributed by atoms with van der Waals surface area (Å²) in [5.41, 5.74) is 6.22. The molecule has 9 nitrogen and oxygen atoms in total. The van der Waals surface area contributed by atoms with Gasteiger partial charge in [-0.2, -0.15) is 0 Å². The highest BCUT2D eigenvalue weighted by molar-refractivity contribution is 6.03. The normalized spacial score (nSPS) is 11.4. The molecule has 0 aliphatic rings. The highest BCUT2D eigenvalue weighted by Crippen LogP contribution is 2.33. The predicted molar refractivity (Wildman–Crippen MR) is 167 cm³/mol. The molecule has 0 saturated heterocycles. The summed E-state index contributed by atoms with van der Waals surface area (Å²) in [6, 6.07) is 16.9. The number of urea groups is 1. The van der Waals surface area contributed by atoms with Crippen LogP contribution in [-0.2, 0) is 4.79 Å². The van der Waals surface area contributed by atoms with Crippen LogP contribution in [0.1, 0.15) is 45.7 Å². The lowest BCUT2D eigenvalue weighted by molar-refractivity contribution is -0.116. The molecular formula is C32H38N6O3. The van der Waals surface area contributed by atoms with E-state index in [4.69, 9.17) is 4.74 Å². The number of ether oxygens (including phenoxy) is 1. The van der Waals surface area contributed by atoms with Gasteiger partial charge in [-0.15, -0.1) is 0 Å². The summed E-state index contributed by atoms with van der Waals surface area (Å²) >= 11 is 0. The van der Waals surface area contributed by atoms with Crippen molar-refractivity contribution in [3.63, 3.8) is 0 Å². The van der Waals surface area contributed by atoms with Crippen LogP contribution in [0.5, 0.6) is 5.75 Å². The Morgan fingerprint density at radius 2 is 1.73 bits per heavy atom. The molecule has 2 heterocycles. The van der Waals surface area contributed by atoms with Gasteiger partial charge in [-0.05, 0) is 79.4 Å². The Balaban J connectivity index is 0.00000226. The number of anilines is 1. The van der Waals surface area contributed by atoms with Gasteiger partial charge in [-0.3, -0.25) is 15.1 Å². The molecule has 2 aromatic carbocycles. The van der Waals surface area contributed by atoms with Crippen LogP contribution in [0, 0.1) is 0 Å². The van der Waals surface area contributed by atoms with Gasteiger partial charge < -0.3 is 20.4 Å². The Kier molecular flexibility index (Phi) is 11.2. The van der Waals surface area contributed by atoms with Gasteiger partial charge in [-0.25, -0.2) is 9.78 Å². The molecule has 0 aliphatic carbocycles. The van der Waals surface area contributed by atoms with Crippen molar-refractivity contribution in [3.05, 3.63) is 84.1 Å². The summed E-state index contributed by atoms with van der Waals surface area (Å²) in [6.45, 7) is 10.7. The molecule has 0 bridgehead atoms. The average molecular weight is 555 g/mol. The van der Waals surface area contributed by atoms with Crippen LogP contribution in [0.4, 0.5) is 10.7 Å². The summed E-state index contributed by atoms with van der Waals surface area (Å²) < 4.78 is 5.39. The number of rotatable bonds is 9. The maximum Gasteiger partial charge on any atom is 0.321 e. The molecule has 4 rings (SSSR count). The number of amides is 3. The lowest BCUT2D eigenvalue weighted by Crippen LogP contribution is -2.28. The van der Waals surface area contributed by atoms with Crippen molar-refractivity contribution in [3.8, 4) is 17.0 Å². The van der Waals surface area contributed by atoms with E-state index in [-0.39, 0.29) is 11.9 Å². The van der Waals surface area contributed by atoms with E-state index in [2.05, 4.69) is 30.9 Å². The molecule has 0 spiro atoms. The fraction of sp³-hybridized carbons (Fsp3) is 0.250. The van der Waals surface area contributed by atoms with Gasteiger partial charge >= 0.3 is 6.03 Å². The molecule has 0 radical (unpaired) electrons. The molecule has 0 unspecified atom stereocenters. The number of aromatic nitrogens is 3. The predicted octanol–water partition coefficient (Wildman–Crippen LogP) is 6.42. The Morgan fingerprint density at radius 1 is 0.951 bits per heavy atom. The first kappa shape index (κ1) is 30.6. The van der Waals surface area contributed by atoms with Gasteiger partial charge in [0.15, 0.2) is 0 Å². The molecule has 214 valence electrons. The molecule has 4 N–H and O–H groups in total. The Bertz CT molecular complexity index is 1540. The van der Waals surface area contributed by atoms with E-state index in [1.807, 2.05) is 95.3 Å². The number of nitrogens with zero attached hydrogens (tertiary/aromatic N) is 2. The molecule has 9 heteroatoms. The minimum absolute atomic E-state index is 0.204. The second-order valence-corrected chi connectivity index (χ2v) is 8.76. The third-order valence-corrected chi connectivity index (χ3v) is 5.96. The van der Waals surface area contributed by atoms with E-state index in [1.165, 1.54) is 0 Å². The van der Waals surface area contributed by atoms with Crippen LogP contribution in [0.2, 0.25) is 0 Å². The minimum Gasteiger partial charge on any atom is -0.497 e. The largest absolute Gasteiger partial charge is 0.497 e. The number of methoxy groups -OCH3 is 1. The number of benzene rings is 2. The maximum atomic E-state index is 12.7. The quantitative estimate of drug-likeness (QED) is 0.140. The smallest absolute Gasteiger partial charge is 0.321 e. The number of pyridine rings is 1. The Hall–Kier alpha value is -4.92. The number of hydrogen-bond donors (Lipinski definition) is 4. The van der Waals surface area contributed by atoms with Crippen LogP contribution < -0.4 is 20.7 Å². The average Bonchev–Trinajstić information content (AvgIpc) is 3.40. The van der Waals surface area contributed by atoms with Gasteiger partial charge in [0.05, 0.1) is 23.8 Å². The fourth-order valence-electron chi connectivity index (χ4n) is 4.13. The first-order chi connectivity index (χ1) is 19.9. The number of fused-ring (bicyclic) bond motifs is 1. The highest BCUT2D eigenvalue weighted by atomic mass is 16.5. The lowest BCUT2D eigenvalue weighted by Gasteiger charge is -2.11. The van der Waals surface area contributed by atoms with Gasteiger partial charge in [0.2, 0.25) is 11.9 Å². The lowest BCUT2D eigenvalue weighted by atomic mass is 9.96. The zero-order valence-electron chi connectivity index (χ0n) is 24.5.